The van der Waals surface area contributed by atoms with Gasteiger partial charge >= 0.3 is 0 Å². The molecule has 2 saturated carbocycles. The summed E-state index contributed by atoms with van der Waals surface area (Å²) in [5.74, 6) is 0.710. The molecule has 0 radical (unpaired) electrons. The third-order valence-corrected chi connectivity index (χ3v) is 7.32. The highest BCUT2D eigenvalue weighted by Crippen LogP contribution is 2.31. The lowest BCUT2D eigenvalue weighted by molar-refractivity contribution is -0.138. The van der Waals surface area contributed by atoms with Crippen LogP contribution in [0.4, 0.5) is 0 Å². The number of imidazole rings is 1. The molecule has 0 saturated heterocycles. The molecular formula is C27H38N4O2. The third kappa shape index (κ3) is 5.31. The zero-order valence-corrected chi connectivity index (χ0v) is 20.2. The molecule has 1 N–H and O–H groups in total. The molecule has 2 aromatic rings. The van der Waals surface area contributed by atoms with E-state index in [4.69, 9.17) is 4.98 Å². The van der Waals surface area contributed by atoms with E-state index >= 15 is 0 Å². The second-order valence-corrected chi connectivity index (χ2v) is 9.91. The first-order valence-electron chi connectivity index (χ1n) is 12.7. The van der Waals surface area contributed by atoms with Gasteiger partial charge in [0.2, 0.25) is 11.8 Å². The molecule has 0 bridgehead atoms. The summed E-state index contributed by atoms with van der Waals surface area (Å²) in [5, 5.41) is 2.98. The molecule has 6 heteroatoms. The second-order valence-electron chi connectivity index (χ2n) is 9.91. The molecule has 1 aromatic carbocycles. The SMILES string of the molecule is C=C(C)C(=O)NC(C)c1nc2ccccc2n1CC(=O)N(C1CCCCC1)C1CCCCC1. The first kappa shape index (κ1) is 23.5. The van der Waals surface area contributed by atoms with Crippen molar-refractivity contribution in [3.63, 3.8) is 0 Å². The summed E-state index contributed by atoms with van der Waals surface area (Å²) in [4.78, 5) is 33.3. The van der Waals surface area contributed by atoms with Crippen molar-refractivity contribution in [1.82, 2.24) is 19.8 Å². The summed E-state index contributed by atoms with van der Waals surface area (Å²) in [7, 11) is 0. The molecule has 2 aliphatic rings. The summed E-state index contributed by atoms with van der Waals surface area (Å²) in [6.45, 7) is 7.62. The Morgan fingerprint density at radius 1 is 1.06 bits per heavy atom. The number of hydrogen-bond acceptors (Lipinski definition) is 3. The number of carbonyl (C=O) groups is 2. The molecule has 2 aliphatic carbocycles. The summed E-state index contributed by atoms with van der Waals surface area (Å²) in [6.07, 6.45) is 11.9. The number of amides is 2. The Morgan fingerprint density at radius 3 is 2.21 bits per heavy atom. The van der Waals surface area contributed by atoms with Gasteiger partial charge < -0.3 is 14.8 Å². The van der Waals surface area contributed by atoms with Crippen molar-refractivity contribution >= 4 is 22.8 Å². The molecule has 1 aromatic heterocycles. The van der Waals surface area contributed by atoms with Gasteiger partial charge in [-0.3, -0.25) is 9.59 Å². The predicted octanol–water partition coefficient (Wildman–Crippen LogP) is 5.28. The number of fused-ring (bicyclic) bond motifs is 1. The zero-order chi connectivity index (χ0) is 23.4. The quantitative estimate of drug-likeness (QED) is 0.583. The normalized spacial score (nSPS) is 18.7. The van der Waals surface area contributed by atoms with E-state index in [1.165, 1.54) is 38.5 Å². The van der Waals surface area contributed by atoms with Crippen molar-refractivity contribution in [2.75, 3.05) is 0 Å². The molecule has 1 atom stereocenters. The van der Waals surface area contributed by atoms with Crippen LogP contribution >= 0.6 is 0 Å². The highest BCUT2D eigenvalue weighted by atomic mass is 16.2. The van der Waals surface area contributed by atoms with Crippen molar-refractivity contribution in [3.05, 3.63) is 42.2 Å². The molecule has 2 amide bonds. The standard InChI is InChI=1S/C27H38N4O2/c1-19(2)27(33)28-20(3)26-29-23-16-10-11-17-24(23)30(26)18-25(32)31(21-12-6-4-7-13-21)22-14-8-5-9-15-22/h10-11,16-17,20-22H,1,4-9,12-15,18H2,2-3H3,(H,28,33). The lowest BCUT2D eigenvalue weighted by Crippen LogP contribution is -2.50. The van der Waals surface area contributed by atoms with Crippen molar-refractivity contribution in [2.45, 2.75) is 103 Å². The fourth-order valence-corrected chi connectivity index (χ4v) is 5.62. The Morgan fingerprint density at radius 2 is 1.64 bits per heavy atom. The molecule has 1 heterocycles. The molecular weight excluding hydrogens is 412 g/mol. The van der Waals surface area contributed by atoms with Crippen LogP contribution in [-0.2, 0) is 16.1 Å². The zero-order valence-electron chi connectivity index (χ0n) is 20.2. The maximum Gasteiger partial charge on any atom is 0.246 e. The summed E-state index contributed by atoms with van der Waals surface area (Å²) in [5.41, 5.74) is 2.24. The van der Waals surface area contributed by atoms with Crippen molar-refractivity contribution in [1.29, 1.82) is 0 Å². The van der Waals surface area contributed by atoms with Gasteiger partial charge in [-0.15, -0.1) is 0 Å². The van der Waals surface area contributed by atoms with Crippen LogP contribution in [0.5, 0.6) is 0 Å². The number of para-hydroxylation sites is 2. The van der Waals surface area contributed by atoms with E-state index in [0.717, 1.165) is 36.7 Å². The van der Waals surface area contributed by atoms with Crippen LogP contribution in [0.25, 0.3) is 11.0 Å². The van der Waals surface area contributed by atoms with Gasteiger partial charge in [-0.25, -0.2) is 4.98 Å². The van der Waals surface area contributed by atoms with E-state index in [-0.39, 0.29) is 24.4 Å². The van der Waals surface area contributed by atoms with Crippen LogP contribution in [0.1, 0.15) is 89.9 Å². The first-order chi connectivity index (χ1) is 16.0. The molecule has 6 nitrogen and oxygen atoms in total. The van der Waals surface area contributed by atoms with Gasteiger partial charge in [0.25, 0.3) is 0 Å². The highest BCUT2D eigenvalue weighted by molar-refractivity contribution is 5.92. The molecule has 178 valence electrons. The van der Waals surface area contributed by atoms with Gasteiger partial charge in [0, 0.05) is 17.7 Å². The van der Waals surface area contributed by atoms with Crippen molar-refractivity contribution < 1.29 is 9.59 Å². The fourth-order valence-electron chi connectivity index (χ4n) is 5.62. The average Bonchev–Trinajstić information content (AvgIpc) is 3.19. The van der Waals surface area contributed by atoms with Crippen LogP contribution in [0.15, 0.2) is 36.4 Å². The van der Waals surface area contributed by atoms with Crippen molar-refractivity contribution in [2.24, 2.45) is 0 Å². The van der Waals surface area contributed by atoms with Crippen LogP contribution in [0.2, 0.25) is 0 Å². The number of nitrogens with one attached hydrogen (secondary N) is 1. The van der Waals surface area contributed by atoms with Crippen LogP contribution in [0.3, 0.4) is 0 Å². The Balaban J connectivity index is 1.64. The lowest BCUT2D eigenvalue weighted by Gasteiger charge is -2.42. The molecule has 2 fully saturated rings. The Labute approximate surface area is 197 Å². The van der Waals surface area contributed by atoms with E-state index in [1.807, 2.05) is 35.8 Å². The molecule has 33 heavy (non-hydrogen) atoms. The Bertz CT molecular complexity index is 981. The summed E-state index contributed by atoms with van der Waals surface area (Å²) in [6, 6.07) is 8.30. The second kappa shape index (κ2) is 10.5. The number of aromatic nitrogens is 2. The minimum Gasteiger partial charge on any atom is -0.343 e. The van der Waals surface area contributed by atoms with E-state index in [9.17, 15) is 9.59 Å². The van der Waals surface area contributed by atoms with Crippen LogP contribution in [-0.4, -0.2) is 38.3 Å². The maximum atomic E-state index is 13.9. The Hall–Kier alpha value is -2.63. The van der Waals surface area contributed by atoms with Crippen LogP contribution in [0, 0.1) is 0 Å². The molecule has 0 spiro atoms. The number of carbonyl (C=O) groups excluding carboxylic acids is 2. The van der Waals surface area contributed by atoms with Gasteiger partial charge in [0.1, 0.15) is 12.4 Å². The van der Waals surface area contributed by atoms with Gasteiger partial charge in [-0.1, -0.05) is 57.2 Å². The van der Waals surface area contributed by atoms with Crippen LogP contribution < -0.4 is 5.32 Å². The summed E-state index contributed by atoms with van der Waals surface area (Å²) >= 11 is 0. The maximum absolute atomic E-state index is 13.9. The molecule has 0 aliphatic heterocycles. The number of rotatable bonds is 7. The molecule has 1 unspecified atom stereocenters. The Kier molecular flexibility index (Phi) is 7.51. The highest BCUT2D eigenvalue weighted by Gasteiger charge is 2.33. The lowest BCUT2D eigenvalue weighted by atomic mass is 9.88. The minimum absolute atomic E-state index is 0.191. The van der Waals surface area contributed by atoms with Gasteiger partial charge in [-0.2, -0.15) is 0 Å². The topological polar surface area (TPSA) is 67.2 Å². The largest absolute Gasteiger partial charge is 0.343 e. The van der Waals surface area contributed by atoms with Gasteiger partial charge in [-0.05, 0) is 51.7 Å². The monoisotopic (exact) mass is 450 g/mol. The van der Waals surface area contributed by atoms with E-state index < -0.39 is 0 Å². The fraction of sp³-hybridized carbons (Fsp3) is 0.593. The first-order valence-corrected chi connectivity index (χ1v) is 12.7. The van der Waals surface area contributed by atoms with E-state index in [2.05, 4.69) is 16.8 Å². The summed E-state index contributed by atoms with van der Waals surface area (Å²) < 4.78 is 2.01. The van der Waals surface area contributed by atoms with Gasteiger partial charge in [0.05, 0.1) is 17.1 Å². The number of hydrogen-bond donors (Lipinski definition) is 1. The minimum atomic E-state index is -0.327. The smallest absolute Gasteiger partial charge is 0.246 e. The number of benzene rings is 1. The van der Waals surface area contributed by atoms with E-state index in [1.54, 1.807) is 6.92 Å². The van der Waals surface area contributed by atoms with Crippen molar-refractivity contribution in [3.8, 4) is 0 Å². The van der Waals surface area contributed by atoms with Gasteiger partial charge in [0.15, 0.2) is 0 Å². The third-order valence-electron chi connectivity index (χ3n) is 7.32. The molecule has 4 rings (SSSR count). The number of nitrogens with zero attached hydrogens (tertiary/aromatic N) is 3. The van der Waals surface area contributed by atoms with E-state index in [0.29, 0.717) is 23.5 Å². The predicted molar refractivity (Wildman–Crippen MR) is 132 cm³/mol. The average molecular weight is 451 g/mol.